The number of aryl methyl sites for hydroxylation is 1. The quantitative estimate of drug-likeness (QED) is 0.275. The van der Waals surface area contributed by atoms with Gasteiger partial charge in [-0.05, 0) is 43.3 Å². The van der Waals surface area contributed by atoms with E-state index in [0.29, 0.717) is 23.1 Å². The molecule has 160 valence electrons. The van der Waals surface area contributed by atoms with Crippen LogP contribution in [-0.2, 0) is 6.61 Å². The molecule has 3 aromatic rings. The Morgan fingerprint density at radius 2 is 1.80 bits per heavy atom. The van der Waals surface area contributed by atoms with Crippen molar-refractivity contribution in [2.24, 2.45) is 0 Å². The molecule has 0 fully saturated rings. The Kier molecular flexibility index (Phi) is 8.51. The third-order valence-electron chi connectivity index (χ3n) is 5.02. The van der Waals surface area contributed by atoms with Crippen molar-refractivity contribution in [2.45, 2.75) is 59.0 Å². The molecule has 0 amide bonds. The first kappa shape index (κ1) is 22.1. The van der Waals surface area contributed by atoms with Crippen LogP contribution in [0, 0.1) is 6.92 Å². The molecule has 0 saturated carbocycles. The van der Waals surface area contributed by atoms with Gasteiger partial charge in [0, 0.05) is 6.54 Å². The van der Waals surface area contributed by atoms with Gasteiger partial charge in [0.1, 0.15) is 17.7 Å². The third-order valence-corrected chi connectivity index (χ3v) is 5.27. The molecule has 2 N–H and O–H groups in total. The number of hydrogen-bond donors (Lipinski definition) is 2. The van der Waals surface area contributed by atoms with Gasteiger partial charge in [0.25, 0.3) is 0 Å². The van der Waals surface area contributed by atoms with Crippen molar-refractivity contribution in [2.75, 3.05) is 11.9 Å². The summed E-state index contributed by atoms with van der Waals surface area (Å²) in [5.74, 6) is 1.29. The summed E-state index contributed by atoms with van der Waals surface area (Å²) < 4.78 is 11.5. The van der Waals surface area contributed by atoms with Gasteiger partial charge in [-0.2, -0.15) is 0 Å². The van der Waals surface area contributed by atoms with E-state index in [1.54, 1.807) is 0 Å². The molecule has 2 aromatic carbocycles. The lowest BCUT2D eigenvalue weighted by Gasteiger charge is -2.10. The Morgan fingerprint density at radius 1 is 1.03 bits per heavy atom. The maximum absolute atomic E-state index is 6.07. The SMILES string of the molecule is CCCCCCCCNC(=S)Nc1noc2cccc(OCc3ccc(C)cc3)c12. The monoisotopic (exact) mass is 425 g/mol. The molecule has 30 heavy (non-hydrogen) atoms. The molecule has 0 spiro atoms. The molecule has 1 heterocycles. The molecule has 1 aromatic heterocycles. The number of nitrogens with one attached hydrogen (secondary N) is 2. The number of ether oxygens (including phenoxy) is 1. The zero-order valence-corrected chi connectivity index (χ0v) is 18.7. The van der Waals surface area contributed by atoms with Crippen LogP contribution in [0.3, 0.4) is 0 Å². The highest BCUT2D eigenvalue weighted by atomic mass is 32.1. The fourth-order valence-corrected chi connectivity index (χ4v) is 3.47. The number of fused-ring (bicyclic) bond motifs is 1. The van der Waals surface area contributed by atoms with Crippen LogP contribution < -0.4 is 15.4 Å². The molecule has 0 aliphatic rings. The summed E-state index contributed by atoms with van der Waals surface area (Å²) in [6.07, 6.45) is 7.52. The van der Waals surface area contributed by atoms with Crippen molar-refractivity contribution in [1.82, 2.24) is 10.5 Å². The number of thiocarbonyl (C=S) groups is 1. The van der Waals surface area contributed by atoms with Crippen molar-refractivity contribution in [3.05, 3.63) is 53.6 Å². The van der Waals surface area contributed by atoms with E-state index in [1.807, 2.05) is 18.2 Å². The van der Waals surface area contributed by atoms with Crippen LogP contribution >= 0.6 is 12.2 Å². The first-order valence-electron chi connectivity index (χ1n) is 10.8. The average Bonchev–Trinajstić information content (AvgIpc) is 3.16. The Morgan fingerprint density at radius 3 is 2.60 bits per heavy atom. The summed E-state index contributed by atoms with van der Waals surface area (Å²) in [4.78, 5) is 0. The van der Waals surface area contributed by atoms with Crippen LogP contribution in [0.15, 0.2) is 47.0 Å². The summed E-state index contributed by atoms with van der Waals surface area (Å²) in [7, 11) is 0. The molecular weight excluding hydrogens is 394 g/mol. The second-order valence-corrected chi connectivity index (χ2v) is 7.99. The molecular formula is C24H31N3O2S. The molecule has 5 nitrogen and oxygen atoms in total. The first-order chi connectivity index (χ1) is 14.7. The van der Waals surface area contributed by atoms with Gasteiger partial charge in [0.05, 0.1) is 0 Å². The zero-order chi connectivity index (χ0) is 21.2. The predicted molar refractivity (Wildman–Crippen MR) is 127 cm³/mol. The van der Waals surface area contributed by atoms with Gasteiger partial charge >= 0.3 is 0 Å². The summed E-state index contributed by atoms with van der Waals surface area (Å²) in [6.45, 7) is 5.64. The lowest BCUT2D eigenvalue weighted by molar-refractivity contribution is 0.310. The van der Waals surface area contributed by atoms with E-state index in [-0.39, 0.29) is 0 Å². The van der Waals surface area contributed by atoms with Crippen molar-refractivity contribution in [3.8, 4) is 5.75 Å². The van der Waals surface area contributed by atoms with Gasteiger partial charge < -0.3 is 19.9 Å². The first-order valence-corrected chi connectivity index (χ1v) is 11.2. The van der Waals surface area contributed by atoms with Crippen molar-refractivity contribution in [3.63, 3.8) is 0 Å². The summed E-state index contributed by atoms with van der Waals surface area (Å²) >= 11 is 5.44. The Hall–Kier alpha value is -2.60. The molecule has 0 saturated heterocycles. The smallest absolute Gasteiger partial charge is 0.187 e. The molecule has 0 bridgehead atoms. The third kappa shape index (κ3) is 6.46. The molecule has 0 radical (unpaired) electrons. The molecule has 0 aliphatic carbocycles. The topological polar surface area (TPSA) is 59.3 Å². The Bertz CT molecular complexity index is 937. The van der Waals surface area contributed by atoms with Crippen LogP contribution in [0.1, 0.15) is 56.6 Å². The molecule has 0 atom stereocenters. The number of hydrogen-bond acceptors (Lipinski definition) is 4. The van der Waals surface area contributed by atoms with Crippen LogP contribution in [0.5, 0.6) is 5.75 Å². The van der Waals surface area contributed by atoms with Crippen molar-refractivity contribution < 1.29 is 9.26 Å². The number of rotatable bonds is 11. The van der Waals surface area contributed by atoms with E-state index in [4.69, 9.17) is 21.5 Å². The van der Waals surface area contributed by atoms with E-state index in [1.165, 1.54) is 37.7 Å². The van der Waals surface area contributed by atoms with E-state index in [2.05, 4.69) is 53.9 Å². The van der Waals surface area contributed by atoms with Crippen LogP contribution in [0.25, 0.3) is 11.0 Å². The minimum atomic E-state index is 0.477. The van der Waals surface area contributed by atoms with E-state index in [9.17, 15) is 0 Å². The number of benzene rings is 2. The van der Waals surface area contributed by atoms with E-state index >= 15 is 0 Å². The number of aromatic nitrogens is 1. The van der Waals surface area contributed by atoms with Gasteiger partial charge in [-0.25, -0.2) is 0 Å². The Labute approximate surface area is 184 Å². The molecule has 6 heteroatoms. The highest BCUT2D eigenvalue weighted by Gasteiger charge is 2.15. The van der Waals surface area contributed by atoms with Crippen molar-refractivity contribution in [1.29, 1.82) is 0 Å². The number of nitrogens with zero attached hydrogens (tertiary/aromatic N) is 1. The fourth-order valence-electron chi connectivity index (χ4n) is 3.27. The minimum absolute atomic E-state index is 0.477. The molecule has 0 unspecified atom stereocenters. The van der Waals surface area contributed by atoms with Crippen LogP contribution in [-0.4, -0.2) is 16.8 Å². The van der Waals surface area contributed by atoms with Gasteiger partial charge in [0.15, 0.2) is 16.5 Å². The van der Waals surface area contributed by atoms with Crippen molar-refractivity contribution >= 4 is 34.1 Å². The van der Waals surface area contributed by atoms with E-state index in [0.717, 1.165) is 29.7 Å². The maximum Gasteiger partial charge on any atom is 0.187 e. The Balaban J connectivity index is 1.55. The standard InChI is InChI=1S/C24H31N3O2S/c1-3-4-5-6-7-8-16-25-24(30)26-23-22-20(10-9-11-21(22)29-27-23)28-17-19-14-12-18(2)13-15-19/h9-15H,3-8,16-17H2,1-2H3,(H2,25,26,27,30). The summed E-state index contributed by atoms with van der Waals surface area (Å²) in [5.41, 5.74) is 3.01. The lowest BCUT2D eigenvalue weighted by Crippen LogP contribution is -2.29. The lowest BCUT2D eigenvalue weighted by atomic mass is 10.1. The zero-order valence-electron chi connectivity index (χ0n) is 17.9. The number of anilines is 1. The highest BCUT2D eigenvalue weighted by Crippen LogP contribution is 2.32. The van der Waals surface area contributed by atoms with Gasteiger partial charge in [-0.15, -0.1) is 0 Å². The number of unbranched alkanes of at least 4 members (excludes halogenated alkanes) is 5. The second-order valence-electron chi connectivity index (χ2n) is 7.58. The normalized spacial score (nSPS) is 10.9. The average molecular weight is 426 g/mol. The summed E-state index contributed by atoms with van der Waals surface area (Å²) in [5, 5.41) is 11.9. The predicted octanol–water partition coefficient (Wildman–Crippen LogP) is 6.36. The van der Waals surface area contributed by atoms with Gasteiger partial charge in [-0.3, -0.25) is 0 Å². The summed E-state index contributed by atoms with van der Waals surface area (Å²) in [6, 6.07) is 14.0. The molecule has 3 rings (SSSR count). The van der Waals surface area contributed by atoms with E-state index < -0.39 is 0 Å². The van der Waals surface area contributed by atoms with Crippen LogP contribution in [0.2, 0.25) is 0 Å². The highest BCUT2D eigenvalue weighted by molar-refractivity contribution is 7.80. The van der Waals surface area contributed by atoms with Crippen LogP contribution in [0.4, 0.5) is 5.82 Å². The molecule has 0 aliphatic heterocycles. The largest absolute Gasteiger partial charge is 0.488 e. The van der Waals surface area contributed by atoms with Gasteiger partial charge in [0.2, 0.25) is 0 Å². The second kappa shape index (κ2) is 11.6. The van der Waals surface area contributed by atoms with Gasteiger partial charge in [-0.1, -0.05) is 80.1 Å². The maximum atomic E-state index is 6.07. The fraction of sp³-hybridized carbons (Fsp3) is 0.417. The minimum Gasteiger partial charge on any atom is -0.488 e.